The second-order valence-corrected chi connectivity index (χ2v) is 13.8. The predicted molar refractivity (Wildman–Crippen MR) is 178 cm³/mol. The number of thiophene rings is 1. The lowest BCUT2D eigenvalue weighted by Crippen LogP contribution is -2.49. The lowest BCUT2D eigenvalue weighted by molar-refractivity contribution is -0.131. The molecule has 48 heavy (non-hydrogen) atoms. The topological polar surface area (TPSA) is 195 Å². The van der Waals surface area contributed by atoms with Crippen molar-refractivity contribution in [1.82, 2.24) is 19.5 Å². The molecular formula is C33H34N6O7S2. The highest BCUT2D eigenvalue weighted by Gasteiger charge is 2.36. The van der Waals surface area contributed by atoms with Crippen LogP contribution in [0.1, 0.15) is 38.5 Å². The number of anilines is 1. The van der Waals surface area contributed by atoms with Crippen LogP contribution in [0.5, 0.6) is 0 Å². The van der Waals surface area contributed by atoms with Crippen molar-refractivity contribution < 1.29 is 32.5 Å². The Morgan fingerprint density at radius 1 is 0.938 bits per heavy atom. The Labute approximate surface area is 281 Å². The molecule has 0 unspecified atom stereocenters. The number of rotatable bonds is 13. The molecule has 2 heterocycles. The maximum absolute atomic E-state index is 14.0. The van der Waals surface area contributed by atoms with E-state index in [0.717, 1.165) is 31.7 Å². The van der Waals surface area contributed by atoms with Crippen molar-refractivity contribution in [2.45, 2.75) is 36.0 Å². The van der Waals surface area contributed by atoms with E-state index in [1.807, 2.05) is 60.7 Å². The monoisotopic (exact) mass is 690 g/mol. The number of methoxy groups -OCH3 is 1. The minimum atomic E-state index is -4.21. The summed E-state index contributed by atoms with van der Waals surface area (Å²) in [6.07, 6.45) is 0.371. The summed E-state index contributed by atoms with van der Waals surface area (Å²) in [4.78, 5) is 28.8. The first kappa shape index (κ1) is 34.4. The number of nitrogen functional groups attached to an aromatic ring is 1. The first-order valence-corrected chi connectivity index (χ1v) is 17.0. The Bertz CT molecular complexity index is 1870. The molecular weight excluding hydrogens is 657 g/mol. The van der Waals surface area contributed by atoms with Crippen molar-refractivity contribution in [2.24, 2.45) is 5.73 Å². The third-order valence-electron chi connectivity index (χ3n) is 7.68. The minimum Gasteiger partial charge on any atom is -0.452 e. The van der Waals surface area contributed by atoms with Crippen LogP contribution < -0.4 is 11.5 Å². The molecule has 13 nitrogen and oxygen atoms in total. The van der Waals surface area contributed by atoms with Crippen LogP contribution in [-0.2, 0) is 32.6 Å². The van der Waals surface area contributed by atoms with E-state index in [0.29, 0.717) is 15.4 Å². The highest BCUT2D eigenvalue weighted by Crippen LogP contribution is 2.35. The van der Waals surface area contributed by atoms with Crippen LogP contribution in [0.3, 0.4) is 0 Å². The molecule has 0 spiro atoms. The lowest BCUT2D eigenvalue weighted by atomic mass is 9.85. The van der Waals surface area contributed by atoms with Crippen molar-refractivity contribution in [3.05, 3.63) is 130 Å². The molecule has 0 fully saturated rings. The average molecular weight is 691 g/mol. The Morgan fingerprint density at radius 2 is 1.56 bits per heavy atom. The van der Waals surface area contributed by atoms with Gasteiger partial charge < -0.3 is 21.3 Å². The van der Waals surface area contributed by atoms with Crippen LogP contribution in [0.25, 0.3) is 0 Å². The first-order chi connectivity index (χ1) is 23.1. The van der Waals surface area contributed by atoms with Gasteiger partial charge in [-0.3, -0.25) is 4.79 Å². The van der Waals surface area contributed by atoms with E-state index in [2.05, 4.69) is 14.9 Å². The van der Waals surface area contributed by atoms with Crippen molar-refractivity contribution in [2.75, 3.05) is 19.5 Å². The summed E-state index contributed by atoms with van der Waals surface area (Å²) in [5.74, 6) is -1.23. The Balaban J connectivity index is 1.45. The zero-order valence-electron chi connectivity index (χ0n) is 25.8. The van der Waals surface area contributed by atoms with Crippen LogP contribution in [-0.4, -0.2) is 64.8 Å². The fourth-order valence-corrected chi connectivity index (χ4v) is 8.02. The minimum absolute atomic E-state index is 0.0498. The highest BCUT2D eigenvalue weighted by atomic mass is 32.2. The molecule has 5 N–H and O–H groups in total. The van der Waals surface area contributed by atoms with Crippen molar-refractivity contribution in [3.8, 4) is 0 Å². The molecule has 250 valence electrons. The SMILES string of the molecule is COC(=O)N(Cc1ccc([C@@H](CO)N(Cc2cnon2)S(=O)(=O)c2ccc(N)cc2)s1)C(=O)[C@@H](N)C(c1ccccc1)c1ccccc1. The normalized spacial score (nSPS) is 12.9. The molecule has 2 aromatic heterocycles. The molecule has 0 saturated carbocycles. The summed E-state index contributed by atoms with van der Waals surface area (Å²) >= 11 is 1.12. The maximum Gasteiger partial charge on any atom is 0.416 e. The molecule has 0 aliphatic heterocycles. The van der Waals surface area contributed by atoms with E-state index in [9.17, 15) is 23.1 Å². The number of nitrogens with zero attached hydrogens (tertiary/aromatic N) is 4. The number of nitrogens with two attached hydrogens (primary N) is 2. The number of benzene rings is 3. The third kappa shape index (κ3) is 7.61. The van der Waals surface area contributed by atoms with Crippen LogP contribution >= 0.6 is 11.3 Å². The molecule has 2 amide bonds. The van der Waals surface area contributed by atoms with Gasteiger partial charge in [0.1, 0.15) is 5.69 Å². The summed E-state index contributed by atoms with van der Waals surface area (Å²) in [5, 5.41) is 17.9. The number of ether oxygens (including phenoxy) is 1. The quantitative estimate of drug-likeness (QED) is 0.152. The fraction of sp³-hybridized carbons (Fsp3) is 0.212. The van der Waals surface area contributed by atoms with E-state index < -0.39 is 46.6 Å². The van der Waals surface area contributed by atoms with E-state index in [-0.39, 0.29) is 23.7 Å². The van der Waals surface area contributed by atoms with Crippen LogP contribution in [0.2, 0.25) is 0 Å². The van der Waals surface area contributed by atoms with Gasteiger partial charge in [0.25, 0.3) is 0 Å². The molecule has 0 bridgehead atoms. The van der Waals surface area contributed by atoms with Gasteiger partial charge in [0.15, 0.2) is 0 Å². The van der Waals surface area contributed by atoms with E-state index in [1.54, 1.807) is 12.1 Å². The van der Waals surface area contributed by atoms with E-state index >= 15 is 0 Å². The number of imide groups is 1. The number of hydrogen-bond acceptors (Lipinski definition) is 12. The smallest absolute Gasteiger partial charge is 0.416 e. The van der Waals surface area contributed by atoms with Gasteiger partial charge in [0.05, 0.1) is 50.0 Å². The Kier molecular flexibility index (Phi) is 11.0. The van der Waals surface area contributed by atoms with Gasteiger partial charge in [-0.05, 0) is 47.5 Å². The molecule has 0 saturated heterocycles. The number of hydrogen-bond donors (Lipinski definition) is 3. The zero-order valence-corrected chi connectivity index (χ0v) is 27.5. The zero-order chi connectivity index (χ0) is 34.3. The number of aromatic nitrogens is 2. The van der Waals surface area contributed by atoms with Gasteiger partial charge in [-0.2, -0.15) is 4.31 Å². The average Bonchev–Trinajstić information content (AvgIpc) is 3.80. The summed E-state index contributed by atoms with van der Waals surface area (Å²) in [5.41, 5.74) is 14.6. The number of aliphatic hydroxyl groups excluding tert-OH is 1. The molecule has 2 atom stereocenters. The Morgan fingerprint density at radius 3 is 2.10 bits per heavy atom. The van der Waals surface area contributed by atoms with Crippen molar-refractivity contribution in [3.63, 3.8) is 0 Å². The number of carbonyl (C=O) groups excluding carboxylic acids is 2. The second kappa shape index (κ2) is 15.3. The van der Waals surface area contributed by atoms with Crippen LogP contribution in [0.4, 0.5) is 10.5 Å². The molecule has 3 aromatic carbocycles. The van der Waals surface area contributed by atoms with Crippen LogP contribution in [0.15, 0.2) is 113 Å². The molecule has 15 heteroatoms. The van der Waals surface area contributed by atoms with Gasteiger partial charge in [-0.15, -0.1) is 11.3 Å². The largest absolute Gasteiger partial charge is 0.452 e. The fourth-order valence-electron chi connectivity index (χ4n) is 5.28. The number of sulfonamides is 1. The van der Waals surface area contributed by atoms with Gasteiger partial charge >= 0.3 is 6.09 Å². The van der Waals surface area contributed by atoms with Gasteiger partial charge in [0, 0.05) is 21.4 Å². The highest BCUT2D eigenvalue weighted by molar-refractivity contribution is 7.89. The molecule has 5 rings (SSSR count). The summed E-state index contributed by atoms with van der Waals surface area (Å²) in [6, 6.07) is 25.3. The van der Waals surface area contributed by atoms with Gasteiger partial charge in [-0.1, -0.05) is 71.0 Å². The number of amides is 2. The molecule has 0 aliphatic carbocycles. The first-order valence-electron chi connectivity index (χ1n) is 14.7. The number of aliphatic hydroxyl groups is 1. The summed E-state index contributed by atoms with van der Waals surface area (Å²) in [6.45, 7) is -1.08. The molecule has 0 radical (unpaired) electrons. The number of carbonyl (C=O) groups is 2. The molecule has 5 aromatic rings. The lowest BCUT2D eigenvalue weighted by Gasteiger charge is -2.29. The standard InChI is InChI=1S/C33H34N6O7S2/c1-45-33(42)38(32(41)31(35)30(22-8-4-2-5-9-22)23-10-6-3-7-11-23)20-26-14-17-29(47-26)28(21-40)39(19-25-18-36-46-37-25)48(43,44)27-15-12-24(34)13-16-27/h2-18,28,30-31,40H,19-21,34-35H2,1H3/t28-,31+/m1/s1. The maximum atomic E-state index is 14.0. The summed E-state index contributed by atoms with van der Waals surface area (Å²) < 4.78 is 38.5. The Hall–Kier alpha value is -4.93. The predicted octanol–water partition coefficient (Wildman–Crippen LogP) is 3.89. The van der Waals surface area contributed by atoms with E-state index in [4.69, 9.17) is 16.2 Å². The van der Waals surface area contributed by atoms with Crippen molar-refractivity contribution >= 4 is 39.0 Å². The van der Waals surface area contributed by atoms with Crippen molar-refractivity contribution in [1.29, 1.82) is 0 Å². The molecule has 0 aliphatic rings. The van der Waals surface area contributed by atoms with Gasteiger partial charge in [0.2, 0.25) is 15.9 Å². The summed E-state index contributed by atoms with van der Waals surface area (Å²) in [7, 11) is -3.04. The van der Waals surface area contributed by atoms with E-state index in [1.165, 1.54) is 37.6 Å². The second-order valence-electron chi connectivity index (χ2n) is 10.7. The van der Waals surface area contributed by atoms with Crippen LogP contribution in [0, 0.1) is 0 Å². The van der Waals surface area contributed by atoms with Gasteiger partial charge in [-0.25, -0.2) is 22.7 Å². The third-order valence-corrected chi connectivity index (χ3v) is 10.7.